The number of thiazole rings is 1. The molecule has 1 fully saturated rings. The van der Waals surface area contributed by atoms with Crippen molar-refractivity contribution in [2.75, 3.05) is 13.2 Å². The summed E-state index contributed by atoms with van der Waals surface area (Å²) < 4.78 is 5.82. The van der Waals surface area contributed by atoms with E-state index >= 15 is 0 Å². The molecule has 0 amide bonds. The topological polar surface area (TPSA) is 34.1 Å². The van der Waals surface area contributed by atoms with Crippen molar-refractivity contribution in [3.63, 3.8) is 0 Å². The van der Waals surface area contributed by atoms with Crippen LogP contribution in [0.15, 0.2) is 10.9 Å². The summed E-state index contributed by atoms with van der Waals surface area (Å²) in [5, 5.41) is 5.80. The number of hydrogen-bond acceptors (Lipinski definition) is 4. The van der Waals surface area contributed by atoms with E-state index in [1.54, 1.807) is 11.3 Å². The molecule has 18 heavy (non-hydrogen) atoms. The molecule has 1 aliphatic rings. The van der Waals surface area contributed by atoms with E-state index < -0.39 is 0 Å². The van der Waals surface area contributed by atoms with Gasteiger partial charge >= 0.3 is 0 Å². The first-order chi connectivity index (χ1) is 8.70. The van der Waals surface area contributed by atoms with Crippen LogP contribution in [0, 0.1) is 5.41 Å². The lowest BCUT2D eigenvalue weighted by Crippen LogP contribution is -2.62. The van der Waals surface area contributed by atoms with Crippen LogP contribution in [0.25, 0.3) is 0 Å². The van der Waals surface area contributed by atoms with E-state index in [0.29, 0.717) is 17.6 Å². The lowest BCUT2D eigenvalue weighted by molar-refractivity contribution is -0.125. The van der Waals surface area contributed by atoms with Crippen LogP contribution in [0.3, 0.4) is 0 Å². The Morgan fingerprint density at radius 3 is 3.00 bits per heavy atom. The Bertz CT molecular complexity index is 355. The maximum Gasteiger partial charge on any atom is 0.0794 e. The Morgan fingerprint density at radius 2 is 2.39 bits per heavy atom. The second kappa shape index (κ2) is 6.13. The summed E-state index contributed by atoms with van der Waals surface area (Å²) in [7, 11) is 0. The maximum absolute atomic E-state index is 5.82. The van der Waals surface area contributed by atoms with Crippen LogP contribution in [0.4, 0.5) is 0 Å². The first-order valence-electron chi connectivity index (χ1n) is 6.92. The lowest BCUT2D eigenvalue weighted by atomic mass is 9.61. The van der Waals surface area contributed by atoms with Gasteiger partial charge in [-0.15, -0.1) is 11.3 Å². The van der Waals surface area contributed by atoms with E-state index in [0.717, 1.165) is 26.0 Å². The van der Waals surface area contributed by atoms with E-state index in [1.807, 2.05) is 5.51 Å². The molecule has 3 atom stereocenters. The Hall–Kier alpha value is -0.450. The molecule has 0 spiro atoms. The highest BCUT2D eigenvalue weighted by atomic mass is 32.1. The molecule has 2 rings (SSSR count). The third kappa shape index (κ3) is 2.76. The Kier molecular flexibility index (Phi) is 4.76. The highest BCUT2D eigenvalue weighted by Crippen LogP contribution is 2.45. The van der Waals surface area contributed by atoms with Gasteiger partial charge in [-0.3, -0.25) is 0 Å². The van der Waals surface area contributed by atoms with Crippen molar-refractivity contribution in [3.8, 4) is 0 Å². The van der Waals surface area contributed by atoms with Crippen molar-refractivity contribution < 1.29 is 4.74 Å². The second-order valence-electron chi connectivity index (χ2n) is 5.28. The van der Waals surface area contributed by atoms with Crippen LogP contribution in [0.2, 0.25) is 0 Å². The highest BCUT2D eigenvalue weighted by molar-refractivity contribution is 7.07. The molecule has 1 aliphatic carbocycles. The normalized spacial score (nSPS) is 31.3. The quantitative estimate of drug-likeness (QED) is 0.825. The molecular weight excluding hydrogens is 244 g/mol. The van der Waals surface area contributed by atoms with Crippen LogP contribution >= 0.6 is 11.3 Å². The molecule has 3 nitrogen and oxygen atoms in total. The van der Waals surface area contributed by atoms with E-state index in [-0.39, 0.29) is 0 Å². The maximum atomic E-state index is 5.82. The molecule has 1 heterocycles. The summed E-state index contributed by atoms with van der Waals surface area (Å²) in [6.45, 7) is 8.53. The summed E-state index contributed by atoms with van der Waals surface area (Å²) in [6, 6.07) is 0.595. The number of aromatic nitrogens is 1. The average Bonchev–Trinajstić information content (AvgIpc) is 2.89. The van der Waals surface area contributed by atoms with E-state index in [1.165, 1.54) is 12.1 Å². The average molecular weight is 268 g/mol. The first-order valence-corrected chi connectivity index (χ1v) is 7.87. The van der Waals surface area contributed by atoms with Gasteiger partial charge < -0.3 is 10.1 Å². The van der Waals surface area contributed by atoms with Crippen molar-refractivity contribution in [3.05, 3.63) is 16.6 Å². The van der Waals surface area contributed by atoms with Crippen molar-refractivity contribution >= 4 is 11.3 Å². The van der Waals surface area contributed by atoms with Gasteiger partial charge in [-0.1, -0.05) is 13.8 Å². The minimum absolute atomic E-state index is 0.304. The van der Waals surface area contributed by atoms with Gasteiger partial charge in [-0.25, -0.2) is 4.98 Å². The number of ether oxygens (including phenoxy) is 1. The molecule has 102 valence electrons. The van der Waals surface area contributed by atoms with Gasteiger partial charge in [-0.05, 0) is 19.8 Å². The molecule has 1 N–H and O–H groups in total. The molecule has 0 radical (unpaired) electrons. The number of nitrogens with one attached hydrogen (secondary N) is 1. The smallest absolute Gasteiger partial charge is 0.0794 e. The minimum atomic E-state index is 0.304. The molecule has 0 bridgehead atoms. The highest BCUT2D eigenvalue weighted by Gasteiger charge is 2.50. The minimum Gasteiger partial charge on any atom is -0.378 e. The van der Waals surface area contributed by atoms with Crippen LogP contribution < -0.4 is 5.32 Å². The fourth-order valence-corrected chi connectivity index (χ4v) is 3.39. The largest absolute Gasteiger partial charge is 0.378 e. The predicted molar refractivity (Wildman–Crippen MR) is 76.0 cm³/mol. The monoisotopic (exact) mass is 268 g/mol. The number of nitrogens with zero attached hydrogens (tertiary/aromatic N) is 1. The zero-order valence-electron chi connectivity index (χ0n) is 11.6. The van der Waals surface area contributed by atoms with Gasteiger partial charge in [0.1, 0.15) is 0 Å². The molecular formula is C14H24N2OS. The summed E-state index contributed by atoms with van der Waals surface area (Å²) >= 11 is 1.67. The molecule has 3 unspecified atom stereocenters. The zero-order chi connectivity index (χ0) is 13.0. The molecule has 0 aliphatic heterocycles. The fraction of sp³-hybridized carbons (Fsp3) is 0.786. The Balaban J connectivity index is 1.76. The Morgan fingerprint density at radius 1 is 1.56 bits per heavy atom. The molecule has 1 aromatic rings. The summed E-state index contributed by atoms with van der Waals surface area (Å²) in [6.07, 6.45) is 3.78. The van der Waals surface area contributed by atoms with Crippen LogP contribution in [0.1, 0.15) is 39.3 Å². The van der Waals surface area contributed by atoms with Gasteiger partial charge in [0.05, 0.1) is 17.3 Å². The van der Waals surface area contributed by atoms with Gasteiger partial charge in [0, 0.05) is 36.4 Å². The van der Waals surface area contributed by atoms with E-state index in [9.17, 15) is 0 Å². The number of hydrogen-bond donors (Lipinski definition) is 1. The van der Waals surface area contributed by atoms with Crippen LogP contribution in [-0.4, -0.2) is 30.3 Å². The van der Waals surface area contributed by atoms with Crippen LogP contribution in [-0.2, 0) is 11.2 Å². The van der Waals surface area contributed by atoms with Crippen molar-refractivity contribution in [2.45, 2.75) is 52.2 Å². The fourth-order valence-electron chi connectivity index (χ4n) is 2.80. The summed E-state index contributed by atoms with van der Waals surface area (Å²) in [5.74, 6) is 0. The zero-order valence-corrected chi connectivity index (χ0v) is 12.4. The second-order valence-corrected chi connectivity index (χ2v) is 5.99. The van der Waals surface area contributed by atoms with Crippen molar-refractivity contribution in [1.29, 1.82) is 0 Å². The molecule has 4 heteroatoms. The van der Waals surface area contributed by atoms with E-state index in [2.05, 4.69) is 36.5 Å². The standard InChI is InChI=1S/C14H24N2OS/c1-4-14(3)12(8-13(14)17-5-2)15-7-6-11-9-18-10-16-11/h9-10,12-13,15H,4-8H2,1-3H3. The summed E-state index contributed by atoms with van der Waals surface area (Å²) in [4.78, 5) is 4.31. The molecule has 1 aromatic heterocycles. The molecule has 1 saturated carbocycles. The van der Waals surface area contributed by atoms with Gasteiger partial charge in [0.25, 0.3) is 0 Å². The van der Waals surface area contributed by atoms with Gasteiger partial charge in [-0.2, -0.15) is 0 Å². The lowest BCUT2D eigenvalue weighted by Gasteiger charge is -2.53. The summed E-state index contributed by atoms with van der Waals surface area (Å²) in [5.41, 5.74) is 3.41. The van der Waals surface area contributed by atoms with Crippen LogP contribution in [0.5, 0.6) is 0 Å². The third-order valence-corrected chi connectivity index (χ3v) is 5.00. The SMILES string of the molecule is CCOC1CC(NCCc2cscn2)C1(C)CC. The van der Waals surface area contributed by atoms with Crippen molar-refractivity contribution in [1.82, 2.24) is 10.3 Å². The third-order valence-electron chi connectivity index (χ3n) is 4.37. The first kappa shape index (κ1) is 14.0. The predicted octanol–water partition coefficient (Wildman–Crippen LogP) is 2.87. The van der Waals surface area contributed by atoms with E-state index in [4.69, 9.17) is 4.74 Å². The Labute approximate surface area is 114 Å². The molecule has 0 aromatic carbocycles. The molecule has 0 saturated heterocycles. The van der Waals surface area contributed by atoms with Gasteiger partial charge in [0.2, 0.25) is 0 Å². The number of rotatable bonds is 7. The van der Waals surface area contributed by atoms with Crippen molar-refractivity contribution in [2.24, 2.45) is 5.41 Å². The van der Waals surface area contributed by atoms with Gasteiger partial charge in [0.15, 0.2) is 0 Å².